The summed E-state index contributed by atoms with van der Waals surface area (Å²) in [6.45, 7) is 1.23. The molecule has 0 saturated carbocycles. The molecule has 0 spiro atoms. The van der Waals surface area contributed by atoms with Crippen LogP contribution in [0.5, 0.6) is 0 Å². The number of amides is 1. The van der Waals surface area contributed by atoms with Crippen molar-refractivity contribution in [2.24, 2.45) is 0 Å². The molecule has 132 valence electrons. The van der Waals surface area contributed by atoms with E-state index in [1.54, 1.807) is 30.2 Å². The average Bonchev–Trinajstić information content (AvgIpc) is 3.12. The van der Waals surface area contributed by atoms with Gasteiger partial charge < -0.3 is 9.42 Å². The molecule has 8 heteroatoms. The summed E-state index contributed by atoms with van der Waals surface area (Å²) >= 11 is 1.63. The van der Waals surface area contributed by atoms with Crippen LogP contribution in [0, 0.1) is 0 Å². The van der Waals surface area contributed by atoms with Gasteiger partial charge >= 0.3 is 0 Å². The molecule has 3 aromatic rings. The van der Waals surface area contributed by atoms with Gasteiger partial charge in [0.1, 0.15) is 0 Å². The Hall–Kier alpha value is -2.74. The molecule has 0 bridgehead atoms. The number of thioether (sulfide) groups is 1. The highest BCUT2D eigenvalue weighted by Crippen LogP contribution is 2.27. The Morgan fingerprint density at radius 3 is 2.65 bits per heavy atom. The number of carbonyl (C=O) groups excluding carboxylic acids is 1. The zero-order valence-corrected chi connectivity index (χ0v) is 14.8. The number of rotatable bonds is 6. The number of hydrogen-bond acceptors (Lipinski definition) is 7. The van der Waals surface area contributed by atoms with Gasteiger partial charge in [-0.15, -0.1) is 11.8 Å². The van der Waals surface area contributed by atoms with Gasteiger partial charge in [-0.05, 0) is 11.6 Å². The largest absolute Gasteiger partial charge is 0.340 e. The molecular weight excluding hydrogens is 350 g/mol. The highest BCUT2D eigenvalue weighted by atomic mass is 32.2. The van der Waals surface area contributed by atoms with Crippen molar-refractivity contribution in [3.05, 3.63) is 60.2 Å². The van der Waals surface area contributed by atoms with Gasteiger partial charge in [-0.2, -0.15) is 4.98 Å². The summed E-state index contributed by atoms with van der Waals surface area (Å²) in [5, 5.41) is 3.92. The molecule has 0 unspecified atom stereocenters. The first-order valence-corrected chi connectivity index (χ1v) is 9.45. The lowest BCUT2D eigenvalue weighted by molar-refractivity contribution is -0.133. The van der Waals surface area contributed by atoms with E-state index in [1.165, 1.54) is 5.56 Å². The smallest absolute Gasteiger partial charge is 0.240 e. The van der Waals surface area contributed by atoms with Crippen molar-refractivity contribution in [1.82, 2.24) is 25.0 Å². The summed E-state index contributed by atoms with van der Waals surface area (Å²) in [7, 11) is 0. The van der Waals surface area contributed by atoms with Crippen LogP contribution in [0.3, 0.4) is 0 Å². The molecular formula is C18H17N5O2S. The molecule has 1 aliphatic heterocycles. The molecule has 7 nitrogen and oxygen atoms in total. The molecule has 1 amide bonds. The van der Waals surface area contributed by atoms with E-state index in [4.69, 9.17) is 4.52 Å². The first kappa shape index (κ1) is 16.7. The van der Waals surface area contributed by atoms with Crippen LogP contribution < -0.4 is 0 Å². The van der Waals surface area contributed by atoms with Gasteiger partial charge in [0, 0.05) is 31.2 Å². The van der Waals surface area contributed by atoms with E-state index in [1.807, 2.05) is 23.1 Å². The van der Waals surface area contributed by atoms with E-state index in [0.29, 0.717) is 36.4 Å². The van der Waals surface area contributed by atoms with Gasteiger partial charge in [0.15, 0.2) is 0 Å². The molecule has 1 fully saturated rings. The molecule has 1 saturated heterocycles. The Morgan fingerprint density at radius 1 is 1.12 bits per heavy atom. The molecule has 2 aromatic heterocycles. The van der Waals surface area contributed by atoms with Gasteiger partial charge in [-0.1, -0.05) is 35.5 Å². The number of likely N-dealkylation sites (tertiary alicyclic amines) is 1. The lowest BCUT2D eigenvalue weighted by atomic mass is 10.0. The summed E-state index contributed by atoms with van der Waals surface area (Å²) in [5.74, 6) is 2.91. The Labute approximate surface area is 154 Å². The lowest BCUT2D eigenvalue weighted by Crippen LogP contribution is -2.49. The number of benzene rings is 1. The van der Waals surface area contributed by atoms with Crippen LogP contribution in [0.15, 0.2) is 53.3 Å². The van der Waals surface area contributed by atoms with E-state index in [9.17, 15) is 4.79 Å². The van der Waals surface area contributed by atoms with Gasteiger partial charge in [-0.25, -0.2) is 9.97 Å². The maximum Gasteiger partial charge on any atom is 0.240 e. The molecule has 1 aromatic carbocycles. The van der Waals surface area contributed by atoms with Crippen LogP contribution in [-0.4, -0.2) is 49.8 Å². The second-order valence-electron chi connectivity index (χ2n) is 6.00. The zero-order chi connectivity index (χ0) is 17.8. The Balaban J connectivity index is 1.25. The number of nitrogens with zero attached hydrogens (tertiary/aromatic N) is 5. The van der Waals surface area contributed by atoms with Crippen LogP contribution in [0.2, 0.25) is 0 Å². The van der Waals surface area contributed by atoms with Gasteiger partial charge in [0.2, 0.25) is 23.4 Å². The standard InChI is InChI=1S/C18H17N5O2S/c24-15(12-26-11-13-5-2-1-3-6-13)23-9-14(10-23)18-21-17(22-25-18)16-19-7-4-8-20-16/h1-8,14H,9-12H2. The minimum atomic E-state index is 0.0861. The van der Waals surface area contributed by atoms with Crippen LogP contribution in [-0.2, 0) is 10.5 Å². The van der Waals surface area contributed by atoms with Crippen LogP contribution in [0.25, 0.3) is 11.6 Å². The van der Waals surface area contributed by atoms with E-state index in [0.717, 1.165) is 5.75 Å². The lowest BCUT2D eigenvalue weighted by Gasteiger charge is -2.37. The van der Waals surface area contributed by atoms with Gasteiger partial charge in [0.25, 0.3) is 0 Å². The molecule has 0 atom stereocenters. The fraction of sp³-hybridized carbons (Fsp3) is 0.278. The molecule has 0 radical (unpaired) electrons. The van der Waals surface area contributed by atoms with Crippen molar-refractivity contribution < 1.29 is 9.32 Å². The van der Waals surface area contributed by atoms with Crippen LogP contribution in [0.4, 0.5) is 0 Å². The minimum absolute atomic E-state index is 0.0861. The minimum Gasteiger partial charge on any atom is -0.340 e. The number of hydrogen-bond donors (Lipinski definition) is 0. The maximum absolute atomic E-state index is 12.2. The van der Waals surface area contributed by atoms with E-state index < -0.39 is 0 Å². The van der Waals surface area contributed by atoms with E-state index in [2.05, 4.69) is 32.2 Å². The predicted molar refractivity (Wildman–Crippen MR) is 97.2 cm³/mol. The van der Waals surface area contributed by atoms with Crippen molar-refractivity contribution in [2.45, 2.75) is 11.7 Å². The fourth-order valence-electron chi connectivity index (χ4n) is 2.67. The Kier molecular flexibility index (Phi) is 4.92. The number of carbonyl (C=O) groups is 1. The molecule has 3 heterocycles. The highest BCUT2D eigenvalue weighted by Gasteiger charge is 2.35. The maximum atomic E-state index is 12.2. The normalized spacial score (nSPS) is 14.2. The van der Waals surface area contributed by atoms with Crippen molar-refractivity contribution in [3.8, 4) is 11.6 Å². The second kappa shape index (κ2) is 7.65. The summed E-state index contributed by atoms with van der Waals surface area (Å²) in [5.41, 5.74) is 1.23. The zero-order valence-electron chi connectivity index (χ0n) is 14.0. The molecule has 4 rings (SSSR count). The van der Waals surface area contributed by atoms with Crippen molar-refractivity contribution in [2.75, 3.05) is 18.8 Å². The van der Waals surface area contributed by atoms with E-state index >= 15 is 0 Å². The van der Waals surface area contributed by atoms with Crippen molar-refractivity contribution in [3.63, 3.8) is 0 Å². The first-order chi connectivity index (χ1) is 12.8. The van der Waals surface area contributed by atoms with Crippen LogP contribution in [0.1, 0.15) is 17.4 Å². The summed E-state index contributed by atoms with van der Waals surface area (Å²) in [6, 6.07) is 11.9. The van der Waals surface area contributed by atoms with Crippen LogP contribution >= 0.6 is 11.8 Å². The quantitative estimate of drug-likeness (QED) is 0.661. The Bertz CT molecular complexity index is 866. The molecule has 0 N–H and O–H groups in total. The third-order valence-electron chi connectivity index (χ3n) is 4.13. The topological polar surface area (TPSA) is 85.0 Å². The van der Waals surface area contributed by atoms with E-state index in [-0.39, 0.29) is 11.8 Å². The summed E-state index contributed by atoms with van der Waals surface area (Å²) in [4.78, 5) is 26.6. The van der Waals surface area contributed by atoms with Gasteiger partial charge in [-0.3, -0.25) is 4.79 Å². The Morgan fingerprint density at radius 2 is 1.88 bits per heavy atom. The third kappa shape index (κ3) is 3.75. The highest BCUT2D eigenvalue weighted by molar-refractivity contribution is 7.99. The average molecular weight is 367 g/mol. The monoisotopic (exact) mass is 367 g/mol. The van der Waals surface area contributed by atoms with Crippen molar-refractivity contribution in [1.29, 1.82) is 0 Å². The summed E-state index contributed by atoms with van der Waals surface area (Å²) in [6.07, 6.45) is 3.27. The van der Waals surface area contributed by atoms with Gasteiger partial charge in [0.05, 0.1) is 11.7 Å². The first-order valence-electron chi connectivity index (χ1n) is 8.30. The molecule has 0 aliphatic carbocycles. The SMILES string of the molecule is O=C(CSCc1ccccc1)N1CC(c2nc(-c3ncccn3)no2)C1. The molecule has 1 aliphatic rings. The molecule has 26 heavy (non-hydrogen) atoms. The number of aromatic nitrogens is 4. The second-order valence-corrected chi connectivity index (χ2v) is 6.99. The van der Waals surface area contributed by atoms with Crippen molar-refractivity contribution >= 4 is 17.7 Å². The third-order valence-corrected chi connectivity index (χ3v) is 5.12. The predicted octanol–water partition coefficient (Wildman–Crippen LogP) is 2.39. The summed E-state index contributed by atoms with van der Waals surface area (Å²) < 4.78 is 5.31. The fourth-order valence-corrected chi connectivity index (χ4v) is 3.55.